The number of benzene rings is 2. The van der Waals surface area contributed by atoms with Crippen LogP contribution in [0.3, 0.4) is 0 Å². The third kappa shape index (κ3) is 5.51. The lowest BCUT2D eigenvalue weighted by Gasteiger charge is -2.34. The Bertz CT molecular complexity index is 1120. The molecule has 1 aliphatic heterocycles. The van der Waals surface area contributed by atoms with Gasteiger partial charge in [0.1, 0.15) is 6.54 Å². The average Bonchev–Trinajstić information content (AvgIpc) is 3.18. The molecule has 1 aromatic heterocycles. The van der Waals surface area contributed by atoms with Crippen molar-refractivity contribution < 1.29 is 22.8 Å². The molecule has 2 amide bonds. The molecular formula is C23H24F3N5O2. The van der Waals surface area contributed by atoms with E-state index in [-0.39, 0.29) is 23.5 Å². The number of fused-ring (bicyclic) bond motifs is 1. The average molecular weight is 459 g/mol. The van der Waals surface area contributed by atoms with Gasteiger partial charge in [-0.05, 0) is 17.7 Å². The first-order chi connectivity index (χ1) is 15.8. The molecule has 1 fully saturated rings. The highest BCUT2D eigenvalue weighted by molar-refractivity contribution is 5.81. The molecule has 1 aliphatic rings. The number of nitrogens with zero attached hydrogens (tertiary/aromatic N) is 4. The molecule has 33 heavy (non-hydrogen) atoms. The fraction of sp³-hybridized carbons (Fsp3) is 0.348. The van der Waals surface area contributed by atoms with Gasteiger partial charge in [-0.2, -0.15) is 13.2 Å². The van der Waals surface area contributed by atoms with Crippen LogP contribution >= 0.6 is 0 Å². The summed E-state index contributed by atoms with van der Waals surface area (Å²) < 4.78 is 41.3. The molecule has 0 radical (unpaired) electrons. The SMILES string of the molecule is O=C(CN1CCN(C(=O)Cn2c(C(F)(F)F)nc3ccccc32)CC1)NCc1ccccc1. The van der Waals surface area contributed by atoms with Gasteiger partial charge in [-0.1, -0.05) is 42.5 Å². The number of carbonyl (C=O) groups is 2. The number of alkyl halides is 3. The number of rotatable bonds is 6. The second-order valence-electron chi connectivity index (χ2n) is 7.93. The summed E-state index contributed by atoms with van der Waals surface area (Å²) in [5.74, 6) is -1.60. The van der Waals surface area contributed by atoms with E-state index in [1.165, 1.54) is 17.0 Å². The zero-order valence-corrected chi connectivity index (χ0v) is 17.9. The van der Waals surface area contributed by atoms with Crippen LogP contribution in [0.2, 0.25) is 0 Å². The minimum absolute atomic E-state index is 0.113. The lowest BCUT2D eigenvalue weighted by Crippen LogP contribution is -2.51. The normalized spacial score (nSPS) is 15.1. The van der Waals surface area contributed by atoms with Gasteiger partial charge in [0, 0.05) is 32.7 Å². The number of imidazole rings is 1. The molecule has 0 unspecified atom stereocenters. The Hall–Kier alpha value is -3.40. The standard InChI is InChI=1S/C23H24F3N5O2/c24-23(25,26)22-28-18-8-4-5-9-19(18)31(22)16-21(33)30-12-10-29(11-13-30)15-20(32)27-14-17-6-2-1-3-7-17/h1-9H,10-16H2,(H,27,32). The van der Waals surface area contributed by atoms with Crippen LogP contribution in [-0.2, 0) is 28.9 Å². The van der Waals surface area contributed by atoms with Crippen LogP contribution in [0.1, 0.15) is 11.4 Å². The van der Waals surface area contributed by atoms with Gasteiger partial charge in [-0.15, -0.1) is 0 Å². The smallest absolute Gasteiger partial charge is 0.351 e. The van der Waals surface area contributed by atoms with Crippen LogP contribution in [0, 0.1) is 0 Å². The summed E-state index contributed by atoms with van der Waals surface area (Å²) in [7, 11) is 0. The second-order valence-corrected chi connectivity index (χ2v) is 7.93. The second kappa shape index (κ2) is 9.62. The number of halogens is 3. The Kier molecular flexibility index (Phi) is 6.64. The zero-order valence-electron chi connectivity index (χ0n) is 17.9. The maximum Gasteiger partial charge on any atom is 0.449 e. The van der Waals surface area contributed by atoms with Crippen molar-refractivity contribution in [1.29, 1.82) is 0 Å². The summed E-state index contributed by atoms with van der Waals surface area (Å²) in [6, 6.07) is 15.8. The van der Waals surface area contributed by atoms with Gasteiger partial charge < -0.3 is 14.8 Å². The van der Waals surface area contributed by atoms with Crippen LogP contribution in [0.4, 0.5) is 13.2 Å². The van der Waals surface area contributed by atoms with Crippen molar-refractivity contribution >= 4 is 22.8 Å². The van der Waals surface area contributed by atoms with Gasteiger partial charge in [-0.3, -0.25) is 14.5 Å². The minimum atomic E-state index is -4.66. The fourth-order valence-corrected chi connectivity index (χ4v) is 3.90. The van der Waals surface area contributed by atoms with E-state index in [1.807, 2.05) is 35.2 Å². The highest BCUT2D eigenvalue weighted by Crippen LogP contribution is 2.31. The molecule has 0 aliphatic carbocycles. The molecule has 0 bridgehead atoms. The van der Waals surface area contributed by atoms with Gasteiger partial charge in [0.25, 0.3) is 0 Å². The van der Waals surface area contributed by atoms with Crippen LogP contribution in [0.15, 0.2) is 54.6 Å². The minimum Gasteiger partial charge on any atom is -0.351 e. The van der Waals surface area contributed by atoms with Gasteiger partial charge in [-0.25, -0.2) is 4.98 Å². The van der Waals surface area contributed by atoms with Crippen LogP contribution in [-0.4, -0.2) is 63.9 Å². The first kappa shape index (κ1) is 22.8. The molecule has 3 aromatic rings. The number of piperazine rings is 1. The number of para-hydroxylation sites is 2. The fourth-order valence-electron chi connectivity index (χ4n) is 3.90. The lowest BCUT2D eigenvalue weighted by molar-refractivity contribution is -0.148. The quantitative estimate of drug-likeness (QED) is 0.615. The van der Waals surface area contributed by atoms with Crippen molar-refractivity contribution in [1.82, 2.24) is 24.7 Å². The van der Waals surface area contributed by atoms with E-state index < -0.39 is 24.5 Å². The third-order valence-corrected chi connectivity index (χ3v) is 5.63. The lowest BCUT2D eigenvalue weighted by atomic mass is 10.2. The van der Waals surface area contributed by atoms with E-state index in [0.29, 0.717) is 32.7 Å². The van der Waals surface area contributed by atoms with Crippen molar-refractivity contribution in [3.8, 4) is 0 Å². The molecule has 4 rings (SSSR count). The molecular weight excluding hydrogens is 435 g/mol. The molecule has 1 N–H and O–H groups in total. The molecule has 1 saturated heterocycles. The van der Waals surface area contributed by atoms with Gasteiger partial charge in [0.15, 0.2) is 0 Å². The largest absolute Gasteiger partial charge is 0.449 e. The monoisotopic (exact) mass is 459 g/mol. The summed E-state index contributed by atoms with van der Waals surface area (Å²) >= 11 is 0. The van der Waals surface area contributed by atoms with E-state index in [2.05, 4.69) is 10.3 Å². The van der Waals surface area contributed by atoms with Crippen LogP contribution in [0.5, 0.6) is 0 Å². The van der Waals surface area contributed by atoms with Crippen LogP contribution < -0.4 is 5.32 Å². The third-order valence-electron chi connectivity index (χ3n) is 5.63. The van der Waals surface area contributed by atoms with Crippen molar-refractivity contribution in [3.05, 3.63) is 66.0 Å². The van der Waals surface area contributed by atoms with Crippen LogP contribution in [0.25, 0.3) is 11.0 Å². The summed E-state index contributed by atoms with van der Waals surface area (Å²) in [6.07, 6.45) is -4.66. The van der Waals surface area contributed by atoms with Gasteiger partial charge >= 0.3 is 6.18 Å². The number of aromatic nitrogens is 2. The van der Waals surface area contributed by atoms with Crippen molar-refractivity contribution in [2.24, 2.45) is 0 Å². The Morgan fingerprint density at radius 3 is 2.27 bits per heavy atom. The van der Waals surface area contributed by atoms with E-state index in [1.54, 1.807) is 12.1 Å². The highest BCUT2D eigenvalue weighted by Gasteiger charge is 2.38. The summed E-state index contributed by atoms with van der Waals surface area (Å²) in [5.41, 5.74) is 1.47. The van der Waals surface area contributed by atoms with Crippen molar-refractivity contribution in [3.63, 3.8) is 0 Å². The zero-order chi connectivity index (χ0) is 23.4. The Labute approximate surface area is 188 Å². The first-order valence-electron chi connectivity index (χ1n) is 10.6. The van der Waals surface area contributed by atoms with E-state index in [0.717, 1.165) is 10.1 Å². The number of carbonyl (C=O) groups excluding carboxylic acids is 2. The Balaban J connectivity index is 1.31. The Morgan fingerprint density at radius 1 is 0.909 bits per heavy atom. The number of nitrogens with one attached hydrogen (secondary N) is 1. The molecule has 2 aromatic carbocycles. The molecule has 10 heteroatoms. The first-order valence-corrected chi connectivity index (χ1v) is 10.6. The summed E-state index contributed by atoms with van der Waals surface area (Å²) in [5, 5.41) is 2.87. The maximum atomic E-state index is 13.5. The van der Waals surface area contributed by atoms with Crippen molar-refractivity contribution in [2.75, 3.05) is 32.7 Å². The maximum absolute atomic E-state index is 13.5. The number of hydrogen-bond donors (Lipinski definition) is 1. The topological polar surface area (TPSA) is 70.5 Å². The molecule has 2 heterocycles. The predicted molar refractivity (Wildman–Crippen MR) is 116 cm³/mol. The molecule has 174 valence electrons. The predicted octanol–water partition coefficient (Wildman–Crippen LogP) is 2.52. The number of hydrogen-bond acceptors (Lipinski definition) is 4. The molecule has 0 atom stereocenters. The van der Waals surface area contributed by atoms with Gasteiger partial charge in [0.2, 0.25) is 17.6 Å². The van der Waals surface area contributed by atoms with E-state index in [9.17, 15) is 22.8 Å². The van der Waals surface area contributed by atoms with E-state index in [4.69, 9.17) is 0 Å². The van der Waals surface area contributed by atoms with Gasteiger partial charge in [0.05, 0.1) is 17.6 Å². The summed E-state index contributed by atoms with van der Waals surface area (Å²) in [4.78, 5) is 32.2. The molecule has 7 nitrogen and oxygen atoms in total. The molecule has 0 spiro atoms. The number of amides is 2. The highest BCUT2D eigenvalue weighted by atomic mass is 19.4. The van der Waals surface area contributed by atoms with Crippen molar-refractivity contribution in [2.45, 2.75) is 19.3 Å². The molecule has 0 saturated carbocycles. The van der Waals surface area contributed by atoms with E-state index >= 15 is 0 Å². The summed E-state index contributed by atoms with van der Waals surface area (Å²) in [6.45, 7) is 1.85. The Morgan fingerprint density at radius 2 is 1.58 bits per heavy atom.